The molecule has 2 N–H and O–H groups in total. The first-order chi connectivity index (χ1) is 18.7. The van der Waals surface area contributed by atoms with Crippen LogP contribution in [0.2, 0.25) is 5.04 Å². The Kier molecular flexibility index (Phi) is 9.69. The number of benzene rings is 3. The van der Waals surface area contributed by atoms with Crippen LogP contribution in [0, 0.1) is 0 Å². The first kappa shape index (κ1) is 29.5. The van der Waals surface area contributed by atoms with E-state index in [1.165, 1.54) is 11.8 Å². The topological polar surface area (TPSA) is 85.2 Å². The van der Waals surface area contributed by atoms with Crippen LogP contribution in [0.15, 0.2) is 91.0 Å². The first-order valence-corrected chi connectivity index (χ1v) is 16.3. The van der Waals surface area contributed by atoms with Crippen LogP contribution in [0.5, 0.6) is 0 Å². The Balaban J connectivity index is 1.61. The molecule has 0 unspecified atom stereocenters. The summed E-state index contributed by atoms with van der Waals surface area (Å²) in [7, 11) is -2.88. The monoisotopic (exact) mass is 566 g/mol. The van der Waals surface area contributed by atoms with E-state index in [-0.39, 0.29) is 11.6 Å². The van der Waals surface area contributed by atoms with Crippen molar-refractivity contribution in [2.75, 3.05) is 12.4 Å². The van der Waals surface area contributed by atoms with Crippen molar-refractivity contribution in [3.63, 3.8) is 0 Å². The van der Waals surface area contributed by atoms with Crippen molar-refractivity contribution in [1.29, 1.82) is 0 Å². The van der Waals surface area contributed by atoms with Crippen LogP contribution < -0.4 is 10.4 Å². The van der Waals surface area contributed by atoms with Crippen molar-refractivity contribution in [2.24, 2.45) is 0 Å². The maximum Gasteiger partial charge on any atom is 0.338 e. The van der Waals surface area contributed by atoms with Crippen molar-refractivity contribution in [1.82, 2.24) is 0 Å². The van der Waals surface area contributed by atoms with Gasteiger partial charge in [-0.15, -0.1) is 11.8 Å². The molecule has 39 heavy (non-hydrogen) atoms. The fourth-order valence-corrected chi connectivity index (χ4v) is 10.7. The molecule has 0 saturated carbocycles. The van der Waals surface area contributed by atoms with Gasteiger partial charge >= 0.3 is 5.97 Å². The highest BCUT2D eigenvalue weighted by Crippen LogP contribution is 2.38. The Labute approximate surface area is 236 Å². The van der Waals surface area contributed by atoms with Gasteiger partial charge in [-0.05, 0) is 33.3 Å². The minimum absolute atomic E-state index is 0.0750. The second-order valence-corrected chi connectivity index (χ2v) is 16.4. The van der Waals surface area contributed by atoms with Crippen LogP contribution >= 0.6 is 11.8 Å². The Bertz CT molecular complexity index is 1150. The Morgan fingerprint density at radius 3 is 1.87 bits per heavy atom. The largest absolute Gasteiger partial charge is 0.452 e. The molecule has 208 valence electrons. The van der Waals surface area contributed by atoms with E-state index >= 15 is 0 Å². The number of hydrogen-bond acceptors (Lipinski definition) is 7. The lowest BCUT2D eigenvalue weighted by Crippen LogP contribution is -2.68. The predicted octanol–water partition coefficient (Wildman–Crippen LogP) is 3.99. The number of aliphatic hydroxyl groups is 2. The molecule has 0 aliphatic carbocycles. The maximum atomic E-state index is 12.8. The molecule has 1 aliphatic rings. The van der Waals surface area contributed by atoms with Crippen molar-refractivity contribution in [3.05, 3.63) is 96.6 Å². The predicted molar refractivity (Wildman–Crippen MR) is 158 cm³/mol. The van der Waals surface area contributed by atoms with Crippen molar-refractivity contribution >= 4 is 36.4 Å². The summed E-state index contributed by atoms with van der Waals surface area (Å²) in [5.41, 5.74) is -0.287. The molecule has 6 nitrogen and oxygen atoms in total. The van der Waals surface area contributed by atoms with Gasteiger partial charge in [0.1, 0.15) is 23.7 Å². The number of esters is 1. The molecule has 3 aromatic carbocycles. The highest BCUT2D eigenvalue weighted by Gasteiger charge is 2.52. The van der Waals surface area contributed by atoms with E-state index < -0.39 is 44.1 Å². The minimum atomic E-state index is -2.88. The van der Waals surface area contributed by atoms with Crippen LogP contribution in [-0.2, 0) is 13.9 Å². The highest BCUT2D eigenvalue weighted by atomic mass is 32.2. The molecule has 8 heteroatoms. The van der Waals surface area contributed by atoms with Crippen LogP contribution in [0.25, 0.3) is 0 Å². The van der Waals surface area contributed by atoms with Gasteiger partial charge in [0.25, 0.3) is 8.32 Å². The van der Waals surface area contributed by atoms with Gasteiger partial charge in [0.2, 0.25) is 0 Å². The molecule has 0 bridgehead atoms. The second kappa shape index (κ2) is 12.8. The average molecular weight is 567 g/mol. The molecular formula is C31H38O6SSi. The number of carbonyl (C=O) groups is 1. The number of ether oxygens (including phenoxy) is 2. The zero-order valence-corrected chi connectivity index (χ0v) is 24.7. The fourth-order valence-electron chi connectivity index (χ4n) is 5.20. The fraction of sp³-hybridized carbons (Fsp3) is 0.387. The third-order valence-electron chi connectivity index (χ3n) is 7.11. The third-order valence-corrected chi connectivity index (χ3v) is 13.2. The van der Waals surface area contributed by atoms with Crippen LogP contribution in [0.4, 0.5) is 0 Å². The van der Waals surface area contributed by atoms with E-state index in [1.807, 2.05) is 49.4 Å². The summed E-state index contributed by atoms with van der Waals surface area (Å²) < 4.78 is 19.0. The lowest BCUT2D eigenvalue weighted by atomic mass is 10.00. The molecular weight excluding hydrogens is 528 g/mol. The number of thioether (sulfide) groups is 1. The lowest BCUT2D eigenvalue weighted by Gasteiger charge is -2.46. The quantitative estimate of drug-likeness (QED) is 0.299. The molecule has 0 amide bonds. The SMILES string of the molecule is CCS[C@@H]1O[C@H](CO[Si](c2ccccc2)(c2ccccc2)C(C)(C)C)[C@H](O)[C@H](O)[C@H]1OC(=O)c1ccccc1. The van der Waals surface area contributed by atoms with E-state index in [0.717, 1.165) is 10.4 Å². The average Bonchev–Trinajstić information content (AvgIpc) is 2.94. The molecule has 5 atom stereocenters. The zero-order chi connectivity index (χ0) is 28.0. The summed E-state index contributed by atoms with van der Waals surface area (Å²) in [6, 6.07) is 29.1. The molecule has 0 spiro atoms. The minimum Gasteiger partial charge on any atom is -0.452 e. The van der Waals surface area contributed by atoms with E-state index in [0.29, 0.717) is 11.3 Å². The van der Waals surface area contributed by atoms with E-state index in [1.54, 1.807) is 24.3 Å². The third kappa shape index (κ3) is 6.32. The standard InChI is InChI=1S/C31H38O6SSi/c1-5-38-30-28(37-29(34)22-15-9-6-10-16-22)27(33)26(32)25(36-30)21-35-39(31(2,3)4,23-17-11-7-12-18-23)24-19-13-8-14-20-24/h6-20,25-28,30,32-33H,5,21H2,1-4H3/t25-,26+,27+,28-,30+/m1/s1. The molecule has 0 aromatic heterocycles. The van der Waals surface area contributed by atoms with Gasteiger partial charge in [-0.3, -0.25) is 0 Å². The van der Waals surface area contributed by atoms with Crippen molar-refractivity contribution < 1.29 is 28.9 Å². The van der Waals surface area contributed by atoms with E-state index in [2.05, 4.69) is 45.0 Å². The Morgan fingerprint density at radius 2 is 1.38 bits per heavy atom. The van der Waals surface area contributed by atoms with Gasteiger partial charge < -0.3 is 24.1 Å². The summed E-state index contributed by atoms with van der Waals surface area (Å²) in [5, 5.41) is 24.3. The molecule has 1 heterocycles. The highest BCUT2D eigenvalue weighted by molar-refractivity contribution is 7.99. The number of rotatable bonds is 9. The number of carbonyl (C=O) groups excluding carboxylic acids is 1. The molecule has 1 saturated heterocycles. The van der Waals surface area contributed by atoms with Crippen molar-refractivity contribution in [2.45, 2.75) is 62.6 Å². The summed E-state index contributed by atoms with van der Waals surface area (Å²) in [6.07, 6.45) is -4.46. The summed E-state index contributed by atoms with van der Waals surface area (Å²) >= 11 is 1.42. The Morgan fingerprint density at radius 1 is 0.872 bits per heavy atom. The Hall–Kier alpha value is -2.46. The lowest BCUT2D eigenvalue weighted by molar-refractivity contribution is -0.204. The zero-order valence-electron chi connectivity index (χ0n) is 22.9. The maximum absolute atomic E-state index is 12.8. The molecule has 4 rings (SSSR count). The summed E-state index contributed by atoms with van der Waals surface area (Å²) in [5.74, 6) is 0.106. The number of hydrogen-bond donors (Lipinski definition) is 2. The molecule has 1 aliphatic heterocycles. The van der Waals surface area contributed by atoms with Gasteiger partial charge in [-0.25, -0.2) is 4.79 Å². The van der Waals surface area contributed by atoms with E-state index in [9.17, 15) is 15.0 Å². The van der Waals surface area contributed by atoms with E-state index in [4.69, 9.17) is 13.9 Å². The normalized spacial score (nSPS) is 23.8. The van der Waals surface area contributed by atoms with Gasteiger partial charge in [0, 0.05) is 0 Å². The van der Waals surface area contributed by atoms with Gasteiger partial charge in [-0.2, -0.15) is 0 Å². The molecule has 3 aromatic rings. The smallest absolute Gasteiger partial charge is 0.338 e. The van der Waals surface area contributed by atoms with Gasteiger partial charge in [-0.1, -0.05) is 107 Å². The van der Waals surface area contributed by atoms with Crippen LogP contribution in [-0.4, -0.2) is 66.7 Å². The van der Waals surface area contributed by atoms with Gasteiger partial charge in [0.15, 0.2) is 6.10 Å². The number of aliphatic hydroxyl groups excluding tert-OH is 2. The molecule has 1 fully saturated rings. The summed E-state index contributed by atoms with van der Waals surface area (Å²) in [4.78, 5) is 12.8. The van der Waals surface area contributed by atoms with Crippen LogP contribution in [0.3, 0.4) is 0 Å². The molecule has 0 radical (unpaired) electrons. The van der Waals surface area contributed by atoms with Crippen LogP contribution in [0.1, 0.15) is 38.1 Å². The second-order valence-electron chi connectivity index (χ2n) is 10.7. The van der Waals surface area contributed by atoms with Gasteiger partial charge in [0.05, 0.1) is 12.2 Å². The first-order valence-electron chi connectivity index (χ1n) is 13.3. The summed E-state index contributed by atoms with van der Waals surface area (Å²) in [6.45, 7) is 8.59. The van der Waals surface area contributed by atoms with Crippen molar-refractivity contribution in [3.8, 4) is 0 Å².